The number of amides is 1. The Kier molecular flexibility index (Phi) is 6.70. The molecule has 1 saturated heterocycles. The second-order valence-corrected chi connectivity index (χ2v) is 9.84. The van der Waals surface area contributed by atoms with Crippen LogP contribution in [0.25, 0.3) is 10.9 Å². The molecule has 5 rings (SSSR count). The molecule has 2 atom stereocenters. The molecule has 0 radical (unpaired) electrons. The van der Waals surface area contributed by atoms with Crippen molar-refractivity contribution in [1.29, 1.82) is 0 Å². The number of fused-ring (bicyclic) bond motifs is 3. The third-order valence-electron chi connectivity index (χ3n) is 6.99. The SMILES string of the molecule is CCOC(=O)N1CCc2c([nH]c3ccc(Cl)cc23)C1c1ccc(OCC2CCCN(C)C2)cc1. The van der Waals surface area contributed by atoms with Crippen LogP contribution in [-0.2, 0) is 11.2 Å². The van der Waals surface area contributed by atoms with E-state index in [1.165, 1.54) is 24.9 Å². The summed E-state index contributed by atoms with van der Waals surface area (Å²) in [6.07, 6.45) is 2.90. The maximum atomic E-state index is 12.9. The minimum Gasteiger partial charge on any atom is -0.493 e. The second-order valence-electron chi connectivity index (χ2n) is 9.40. The van der Waals surface area contributed by atoms with E-state index in [1.807, 2.05) is 42.2 Å². The number of rotatable bonds is 5. The van der Waals surface area contributed by atoms with E-state index in [4.69, 9.17) is 21.1 Å². The molecule has 2 aliphatic heterocycles. The lowest BCUT2D eigenvalue weighted by Crippen LogP contribution is -2.41. The van der Waals surface area contributed by atoms with E-state index in [0.29, 0.717) is 24.1 Å². The zero-order valence-corrected chi connectivity index (χ0v) is 20.6. The number of aromatic nitrogens is 1. The number of carbonyl (C=O) groups excluding carboxylic acids is 1. The average molecular weight is 482 g/mol. The van der Waals surface area contributed by atoms with Crippen molar-refractivity contribution < 1.29 is 14.3 Å². The maximum absolute atomic E-state index is 12.9. The molecule has 3 aromatic rings. The van der Waals surface area contributed by atoms with Crippen LogP contribution in [0.15, 0.2) is 42.5 Å². The largest absolute Gasteiger partial charge is 0.493 e. The first-order valence-electron chi connectivity index (χ1n) is 12.2. The van der Waals surface area contributed by atoms with Crippen molar-refractivity contribution in [2.45, 2.75) is 32.2 Å². The van der Waals surface area contributed by atoms with Crippen molar-refractivity contribution in [2.24, 2.45) is 5.92 Å². The monoisotopic (exact) mass is 481 g/mol. The summed E-state index contributed by atoms with van der Waals surface area (Å²) in [5, 5.41) is 1.83. The molecule has 7 heteroatoms. The Bertz CT molecular complexity index is 1160. The number of halogens is 1. The highest BCUT2D eigenvalue weighted by atomic mass is 35.5. The van der Waals surface area contributed by atoms with E-state index >= 15 is 0 Å². The Balaban J connectivity index is 1.42. The van der Waals surface area contributed by atoms with Gasteiger partial charge in [-0.05, 0) is 81.2 Å². The van der Waals surface area contributed by atoms with Gasteiger partial charge in [0.2, 0.25) is 0 Å². The minimum absolute atomic E-state index is 0.255. The summed E-state index contributed by atoms with van der Waals surface area (Å²) in [6, 6.07) is 13.8. The summed E-state index contributed by atoms with van der Waals surface area (Å²) < 4.78 is 11.5. The van der Waals surface area contributed by atoms with Crippen molar-refractivity contribution in [2.75, 3.05) is 39.9 Å². The quantitative estimate of drug-likeness (QED) is 0.512. The molecule has 180 valence electrons. The number of piperidine rings is 1. The first kappa shape index (κ1) is 23.1. The number of carbonyl (C=O) groups is 1. The van der Waals surface area contributed by atoms with Gasteiger partial charge in [-0.3, -0.25) is 4.90 Å². The third-order valence-corrected chi connectivity index (χ3v) is 7.23. The van der Waals surface area contributed by atoms with Crippen molar-refractivity contribution >= 4 is 28.6 Å². The summed E-state index contributed by atoms with van der Waals surface area (Å²) in [7, 11) is 2.17. The van der Waals surface area contributed by atoms with Crippen molar-refractivity contribution in [1.82, 2.24) is 14.8 Å². The number of aromatic amines is 1. The molecule has 1 fully saturated rings. The van der Waals surface area contributed by atoms with Crippen LogP contribution in [0.3, 0.4) is 0 Å². The van der Waals surface area contributed by atoms with E-state index in [0.717, 1.165) is 47.5 Å². The summed E-state index contributed by atoms with van der Waals surface area (Å²) in [6.45, 7) is 5.76. The van der Waals surface area contributed by atoms with Gasteiger partial charge < -0.3 is 19.4 Å². The van der Waals surface area contributed by atoms with Gasteiger partial charge in [0.05, 0.1) is 13.2 Å². The van der Waals surface area contributed by atoms with E-state index in [9.17, 15) is 4.79 Å². The lowest BCUT2D eigenvalue weighted by molar-refractivity contribution is 0.0932. The number of nitrogens with zero attached hydrogens (tertiary/aromatic N) is 2. The molecular formula is C27H32ClN3O3. The molecular weight excluding hydrogens is 450 g/mol. The number of H-pyrrole nitrogens is 1. The number of benzene rings is 2. The summed E-state index contributed by atoms with van der Waals surface area (Å²) in [4.78, 5) is 20.6. The number of likely N-dealkylation sites (tertiary alicyclic amines) is 1. The number of nitrogens with one attached hydrogen (secondary N) is 1. The molecule has 2 aromatic carbocycles. The molecule has 6 nitrogen and oxygen atoms in total. The van der Waals surface area contributed by atoms with Gasteiger partial charge >= 0.3 is 6.09 Å². The highest BCUT2D eigenvalue weighted by Gasteiger charge is 2.35. The van der Waals surface area contributed by atoms with E-state index in [1.54, 1.807) is 0 Å². The lowest BCUT2D eigenvalue weighted by Gasteiger charge is -2.35. The van der Waals surface area contributed by atoms with Crippen molar-refractivity contribution in [3.63, 3.8) is 0 Å². The standard InChI is InChI=1S/C27H32ClN3O3/c1-3-33-27(32)31-14-12-22-23-15-20(28)8-11-24(23)29-25(22)26(31)19-6-9-21(10-7-19)34-17-18-5-4-13-30(2)16-18/h6-11,15,18,26,29H,3-5,12-14,16-17H2,1-2H3. The highest BCUT2D eigenvalue weighted by molar-refractivity contribution is 6.31. The van der Waals surface area contributed by atoms with Crippen LogP contribution in [0.2, 0.25) is 5.02 Å². The second kappa shape index (κ2) is 9.88. The van der Waals surface area contributed by atoms with Crippen LogP contribution in [0, 0.1) is 5.92 Å². The van der Waals surface area contributed by atoms with Gasteiger partial charge in [0.15, 0.2) is 0 Å². The van der Waals surface area contributed by atoms with Crippen LogP contribution in [0.5, 0.6) is 5.75 Å². The zero-order valence-electron chi connectivity index (χ0n) is 19.9. The maximum Gasteiger partial charge on any atom is 0.410 e. The van der Waals surface area contributed by atoms with Gasteiger partial charge in [-0.15, -0.1) is 0 Å². The van der Waals surface area contributed by atoms with E-state index < -0.39 is 0 Å². The number of hydrogen-bond donors (Lipinski definition) is 1. The van der Waals surface area contributed by atoms with Crippen LogP contribution in [0.4, 0.5) is 4.79 Å². The predicted molar refractivity (Wildman–Crippen MR) is 135 cm³/mol. The molecule has 1 amide bonds. The van der Waals surface area contributed by atoms with E-state index in [2.05, 4.69) is 29.1 Å². The summed E-state index contributed by atoms with van der Waals surface area (Å²) >= 11 is 6.29. The Hall–Kier alpha value is -2.70. The Labute approximate surface area is 205 Å². The molecule has 0 spiro atoms. The van der Waals surface area contributed by atoms with Gasteiger partial charge in [-0.25, -0.2) is 4.79 Å². The molecule has 2 unspecified atom stereocenters. The Morgan fingerprint density at radius 1 is 1.18 bits per heavy atom. The first-order valence-corrected chi connectivity index (χ1v) is 12.6. The summed E-state index contributed by atoms with van der Waals surface area (Å²) in [5.41, 5.74) is 4.29. The first-order chi connectivity index (χ1) is 16.5. The van der Waals surface area contributed by atoms with Crippen LogP contribution >= 0.6 is 11.6 Å². The molecule has 34 heavy (non-hydrogen) atoms. The predicted octanol–water partition coefficient (Wildman–Crippen LogP) is 5.65. The van der Waals surface area contributed by atoms with Crippen LogP contribution < -0.4 is 4.74 Å². The van der Waals surface area contributed by atoms with Crippen LogP contribution in [0.1, 0.15) is 42.6 Å². The molecule has 1 aromatic heterocycles. The molecule has 0 bridgehead atoms. The average Bonchev–Trinajstić information content (AvgIpc) is 3.20. The molecule has 2 aliphatic rings. The molecule has 0 aliphatic carbocycles. The molecule has 0 saturated carbocycles. The van der Waals surface area contributed by atoms with Gasteiger partial charge in [0, 0.05) is 40.6 Å². The topological polar surface area (TPSA) is 57.8 Å². The molecule has 3 heterocycles. The fourth-order valence-corrected chi connectivity index (χ4v) is 5.55. The van der Waals surface area contributed by atoms with Crippen molar-refractivity contribution in [3.8, 4) is 5.75 Å². The van der Waals surface area contributed by atoms with Gasteiger partial charge in [-0.2, -0.15) is 0 Å². The van der Waals surface area contributed by atoms with Gasteiger partial charge in [0.1, 0.15) is 11.8 Å². The Morgan fingerprint density at radius 3 is 2.76 bits per heavy atom. The van der Waals surface area contributed by atoms with E-state index in [-0.39, 0.29) is 12.1 Å². The fraction of sp³-hybridized carbons (Fsp3) is 0.444. The normalized spacial score (nSPS) is 20.9. The zero-order chi connectivity index (χ0) is 23.7. The molecule has 1 N–H and O–H groups in total. The minimum atomic E-state index is -0.295. The smallest absolute Gasteiger partial charge is 0.410 e. The van der Waals surface area contributed by atoms with Crippen molar-refractivity contribution in [3.05, 3.63) is 64.3 Å². The lowest BCUT2D eigenvalue weighted by atomic mass is 9.92. The number of hydrogen-bond acceptors (Lipinski definition) is 4. The summed E-state index contributed by atoms with van der Waals surface area (Å²) in [5.74, 6) is 1.43. The number of ether oxygens (including phenoxy) is 2. The van der Waals surface area contributed by atoms with Gasteiger partial charge in [-0.1, -0.05) is 23.7 Å². The Morgan fingerprint density at radius 2 is 2.00 bits per heavy atom. The fourth-order valence-electron chi connectivity index (χ4n) is 5.38. The van der Waals surface area contributed by atoms with Crippen LogP contribution in [-0.4, -0.2) is 60.8 Å². The van der Waals surface area contributed by atoms with Gasteiger partial charge in [0.25, 0.3) is 0 Å². The highest BCUT2D eigenvalue weighted by Crippen LogP contribution is 2.39. The third kappa shape index (κ3) is 4.62.